The minimum Gasteiger partial charge on any atom is -0.478 e. The van der Waals surface area contributed by atoms with E-state index in [1.807, 2.05) is 0 Å². The van der Waals surface area contributed by atoms with E-state index in [9.17, 15) is 18.4 Å². The molecule has 2 aromatic rings. The number of carboxylic acid groups (broad SMARTS) is 1. The standard InChI is InChI=1S/C18H15F2NO3/c19-14-5-8-16(20)13(11-14)4-9-17(22)21-15-6-1-12(2-7-15)3-10-18(23)24/h1-3,5-8,10-11H,4,9H2,(H,21,22)(H,23,24)/b10-3+. The Morgan fingerprint density at radius 1 is 1.08 bits per heavy atom. The van der Waals surface area contributed by atoms with Crippen LogP contribution in [-0.2, 0) is 16.0 Å². The molecule has 124 valence electrons. The monoisotopic (exact) mass is 331 g/mol. The molecule has 1 amide bonds. The molecular weight excluding hydrogens is 316 g/mol. The molecule has 2 N–H and O–H groups in total. The van der Waals surface area contributed by atoms with Gasteiger partial charge in [-0.15, -0.1) is 0 Å². The Bertz CT molecular complexity index is 770. The highest BCUT2D eigenvalue weighted by Crippen LogP contribution is 2.14. The van der Waals surface area contributed by atoms with E-state index >= 15 is 0 Å². The largest absolute Gasteiger partial charge is 0.478 e. The molecule has 2 rings (SSSR count). The van der Waals surface area contributed by atoms with Gasteiger partial charge in [0, 0.05) is 18.2 Å². The van der Waals surface area contributed by atoms with Crippen molar-refractivity contribution in [2.24, 2.45) is 0 Å². The van der Waals surface area contributed by atoms with E-state index in [-0.39, 0.29) is 24.3 Å². The van der Waals surface area contributed by atoms with Gasteiger partial charge in [-0.3, -0.25) is 4.79 Å². The van der Waals surface area contributed by atoms with Crippen LogP contribution in [0.25, 0.3) is 6.08 Å². The van der Waals surface area contributed by atoms with Gasteiger partial charge < -0.3 is 10.4 Å². The summed E-state index contributed by atoms with van der Waals surface area (Å²) in [7, 11) is 0. The van der Waals surface area contributed by atoms with Crippen LogP contribution in [0.3, 0.4) is 0 Å². The molecule has 0 aromatic heterocycles. The van der Waals surface area contributed by atoms with Crippen molar-refractivity contribution in [2.75, 3.05) is 5.32 Å². The highest BCUT2D eigenvalue weighted by Gasteiger charge is 2.08. The minimum atomic E-state index is -1.04. The number of rotatable bonds is 6. The van der Waals surface area contributed by atoms with Gasteiger partial charge in [0.2, 0.25) is 5.91 Å². The van der Waals surface area contributed by atoms with E-state index in [1.165, 1.54) is 6.08 Å². The molecule has 4 nitrogen and oxygen atoms in total. The summed E-state index contributed by atoms with van der Waals surface area (Å²) in [5.74, 6) is -2.46. The summed E-state index contributed by atoms with van der Waals surface area (Å²) in [5, 5.41) is 11.2. The fourth-order valence-corrected chi connectivity index (χ4v) is 2.05. The Labute approximate surface area is 137 Å². The fraction of sp³-hybridized carbons (Fsp3) is 0.111. The molecule has 0 aliphatic heterocycles. The molecule has 0 saturated heterocycles. The number of carboxylic acids is 1. The zero-order chi connectivity index (χ0) is 17.5. The van der Waals surface area contributed by atoms with E-state index in [2.05, 4.69) is 5.32 Å². The third-order valence-corrected chi connectivity index (χ3v) is 3.24. The summed E-state index contributed by atoms with van der Waals surface area (Å²) in [4.78, 5) is 22.3. The number of aliphatic carboxylic acids is 1. The van der Waals surface area contributed by atoms with Crippen molar-refractivity contribution in [3.63, 3.8) is 0 Å². The SMILES string of the molecule is O=C(O)/C=C/c1ccc(NC(=O)CCc2cc(F)ccc2F)cc1. The summed E-state index contributed by atoms with van der Waals surface area (Å²) in [5.41, 5.74) is 1.36. The Morgan fingerprint density at radius 2 is 1.79 bits per heavy atom. The van der Waals surface area contributed by atoms with Crippen LogP contribution in [0.1, 0.15) is 17.5 Å². The quantitative estimate of drug-likeness (QED) is 0.794. The molecule has 0 atom stereocenters. The van der Waals surface area contributed by atoms with Crippen molar-refractivity contribution in [1.82, 2.24) is 0 Å². The van der Waals surface area contributed by atoms with Gasteiger partial charge in [0.25, 0.3) is 0 Å². The lowest BCUT2D eigenvalue weighted by Crippen LogP contribution is -2.12. The number of benzene rings is 2. The summed E-state index contributed by atoms with van der Waals surface area (Å²) in [6.07, 6.45) is 2.55. The van der Waals surface area contributed by atoms with Crippen LogP contribution in [0.4, 0.5) is 14.5 Å². The van der Waals surface area contributed by atoms with Crippen LogP contribution in [0.15, 0.2) is 48.5 Å². The Morgan fingerprint density at radius 3 is 2.46 bits per heavy atom. The molecule has 24 heavy (non-hydrogen) atoms. The zero-order valence-corrected chi connectivity index (χ0v) is 12.6. The van der Waals surface area contributed by atoms with Crippen molar-refractivity contribution in [3.05, 3.63) is 71.3 Å². The molecular formula is C18H15F2NO3. The van der Waals surface area contributed by atoms with Crippen molar-refractivity contribution in [1.29, 1.82) is 0 Å². The number of anilines is 1. The van der Waals surface area contributed by atoms with Crippen molar-refractivity contribution >= 4 is 23.6 Å². The second-order valence-corrected chi connectivity index (χ2v) is 5.08. The van der Waals surface area contributed by atoms with Gasteiger partial charge in [0.05, 0.1) is 0 Å². The van der Waals surface area contributed by atoms with Crippen molar-refractivity contribution in [2.45, 2.75) is 12.8 Å². The van der Waals surface area contributed by atoms with E-state index in [4.69, 9.17) is 5.11 Å². The number of hydrogen-bond donors (Lipinski definition) is 2. The van der Waals surface area contributed by atoms with Crippen LogP contribution >= 0.6 is 0 Å². The molecule has 0 spiro atoms. The topological polar surface area (TPSA) is 66.4 Å². The number of hydrogen-bond acceptors (Lipinski definition) is 2. The third-order valence-electron chi connectivity index (χ3n) is 3.24. The molecule has 0 aliphatic carbocycles. The maximum atomic E-state index is 13.5. The first-order chi connectivity index (χ1) is 11.4. The summed E-state index contributed by atoms with van der Waals surface area (Å²) in [6.45, 7) is 0. The lowest BCUT2D eigenvalue weighted by atomic mass is 10.1. The van der Waals surface area contributed by atoms with E-state index in [1.54, 1.807) is 24.3 Å². The summed E-state index contributed by atoms with van der Waals surface area (Å²) < 4.78 is 26.5. The molecule has 0 fully saturated rings. The number of carbonyl (C=O) groups is 2. The lowest BCUT2D eigenvalue weighted by molar-refractivity contribution is -0.131. The summed E-state index contributed by atoms with van der Waals surface area (Å²) in [6, 6.07) is 9.70. The molecule has 0 unspecified atom stereocenters. The van der Waals surface area contributed by atoms with Gasteiger partial charge in [-0.2, -0.15) is 0 Å². The number of carbonyl (C=O) groups excluding carboxylic acids is 1. The Hall–Kier alpha value is -3.02. The van der Waals surface area contributed by atoms with Crippen LogP contribution in [0.2, 0.25) is 0 Å². The van der Waals surface area contributed by atoms with Crippen molar-refractivity contribution in [3.8, 4) is 0 Å². The average molecular weight is 331 g/mol. The average Bonchev–Trinajstić information content (AvgIpc) is 2.55. The molecule has 0 heterocycles. The maximum absolute atomic E-state index is 13.5. The minimum absolute atomic E-state index is 0.0149. The molecule has 0 aliphatic rings. The molecule has 0 saturated carbocycles. The van der Waals surface area contributed by atoms with Crippen LogP contribution < -0.4 is 5.32 Å². The van der Waals surface area contributed by atoms with Gasteiger partial charge in [0.15, 0.2) is 0 Å². The van der Waals surface area contributed by atoms with Crippen LogP contribution in [0, 0.1) is 11.6 Å². The van der Waals surface area contributed by atoms with Gasteiger partial charge in [-0.1, -0.05) is 12.1 Å². The highest BCUT2D eigenvalue weighted by molar-refractivity contribution is 5.91. The lowest BCUT2D eigenvalue weighted by Gasteiger charge is -2.06. The molecule has 0 radical (unpaired) electrons. The zero-order valence-electron chi connectivity index (χ0n) is 12.6. The maximum Gasteiger partial charge on any atom is 0.328 e. The fourth-order valence-electron chi connectivity index (χ4n) is 2.05. The van der Waals surface area contributed by atoms with Crippen LogP contribution in [0.5, 0.6) is 0 Å². The number of nitrogens with one attached hydrogen (secondary N) is 1. The highest BCUT2D eigenvalue weighted by atomic mass is 19.1. The van der Waals surface area contributed by atoms with Gasteiger partial charge >= 0.3 is 5.97 Å². The second-order valence-electron chi connectivity index (χ2n) is 5.08. The normalized spacial score (nSPS) is 10.8. The van der Waals surface area contributed by atoms with Gasteiger partial charge in [-0.25, -0.2) is 13.6 Å². The number of aryl methyl sites for hydroxylation is 1. The first-order valence-corrected chi connectivity index (χ1v) is 7.19. The molecule has 6 heteroatoms. The first kappa shape index (κ1) is 17.3. The summed E-state index contributed by atoms with van der Waals surface area (Å²) >= 11 is 0. The van der Waals surface area contributed by atoms with Crippen molar-refractivity contribution < 1.29 is 23.5 Å². The van der Waals surface area contributed by atoms with Gasteiger partial charge in [0.1, 0.15) is 11.6 Å². The smallest absolute Gasteiger partial charge is 0.328 e. The number of amides is 1. The van der Waals surface area contributed by atoms with E-state index < -0.39 is 17.6 Å². The third kappa shape index (κ3) is 5.31. The second kappa shape index (κ2) is 8.01. The van der Waals surface area contributed by atoms with Crippen LogP contribution in [-0.4, -0.2) is 17.0 Å². The van der Waals surface area contributed by atoms with Gasteiger partial charge in [-0.05, 0) is 54.0 Å². The Kier molecular flexibility index (Phi) is 5.78. The van der Waals surface area contributed by atoms with E-state index in [0.29, 0.717) is 11.3 Å². The predicted molar refractivity (Wildman–Crippen MR) is 86.4 cm³/mol. The van der Waals surface area contributed by atoms with E-state index in [0.717, 1.165) is 24.3 Å². The number of halogens is 2. The first-order valence-electron chi connectivity index (χ1n) is 7.19. The Balaban J connectivity index is 1.90. The molecule has 0 bridgehead atoms. The molecule has 2 aromatic carbocycles. The predicted octanol–water partition coefficient (Wildman–Crippen LogP) is 3.63.